The third-order valence-electron chi connectivity index (χ3n) is 4.05. The van der Waals surface area contributed by atoms with E-state index in [9.17, 15) is 9.90 Å². The van der Waals surface area contributed by atoms with Crippen LogP contribution in [0.1, 0.15) is 47.5 Å². The molecule has 0 saturated heterocycles. The highest BCUT2D eigenvalue weighted by Crippen LogP contribution is 2.33. The molecule has 1 amide bonds. The summed E-state index contributed by atoms with van der Waals surface area (Å²) in [5.41, 5.74) is 6.32. The quantitative estimate of drug-likeness (QED) is 0.497. The van der Waals surface area contributed by atoms with Crippen LogP contribution in [0.4, 0.5) is 17.1 Å². The second kappa shape index (κ2) is 8.34. The van der Waals surface area contributed by atoms with E-state index in [1.54, 1.807) is 25.8 Å². The van der Waals surface area contributed by atoms with Crippen LogP contribution >= 0.6 is 0 Å². The molecular weight excluding hydrogens is 316 g/mol. The molecule has 4 N–H and O–H groups in total. The van der Waals surface area contributed by atoms with Gasteiger partial charge in [0.1, 0.15) is 0 Å². The first-order chi connectivity index (χ1) is 11.5. The molecule has 1 aromatic rings. The number of anilines is 2. The molecule has 1 rings (SSSR count). The van der Waals surface area contributed by atoms with Gasteiger partial charge in [0, 0.05) is 24.7 Å². The van der Waals surface area contributed by atoms with E-state index < -0.39 is 11.0 Å². The van der Waals surface area contributed by atoms with Crippen LogP contribution in [-0.4, -0.2) is 36.5 Å². The Morgan fingerprint density at radius 3 is 2.52 bits per heavy atom. The van der Waals surface area contributed by atoms with Crippen molar-refractivity contribution in [2.75, 3.05) is 23.8 Å². The lowest BCUT2D eigenvalue weighted by Crippen LogP contribution is -2.38. The van der Waals surface area contributed by atoms with E-state index in [0.29, 0.717) is 12.2 Å². The zero-order valence-electron chi connectivity index (χ0n) is 16.3. The van der Waals surface area contributed by atoms with Crippen LogP contribution in [0.2, 0.25) is 0 Å². The standard InChI is InChI=1S/C19H32N4O2/c1-7-10-18(2,3)17(24)23(6)14-8-9-15(16(11-14)22-13-20)21-12-19(4,5)25/h8-9,11,13,21,25H,7,10,12H2,1-6H3,(H2,20,22). The summed E-state index contributed by atoms with van der Waals surface area (Å²) in [7, 11) is 1.77. The molecule has 0 aliphatic rings. The fourth-order valence-corrected chi connectivity index (χ4v) is 2.68. The minimum Gasteiger partial charge on any atom is -0.390 e. The highest BCUT2D eigenvalue weighted by atomic mass is 16.3. The Labute approximate surface area is 151 Å². The number of hydrogen-bond donors (Lipinski definition) is 3. The monoisotopic (exact) mass is 348 g/mol. The minimum atomic E-state index is -0.848. The van der Waals surface area contributed by atoms with Crippen LogP contribution in [-0.2, 0) is 4.79 Å². The zero-order valence-corrected chi connectivity index (χ0v) is 16.3. The lowest BCUT2D eigenvalue weighted by molar-refractivity contribution is -0.126. The summed E-state index contributed by atoms with van der Waals surface area (Å²) in [5.74, 6) is 0.0641. The van der Waals surface area contributed by atoms with Crippen molar-refractivity contribution in [1.82, 2.24) is 0 Å². The van der Waals surface area contributed by atoms with Gasteiger partial charge in [-0.05, 0) is 38.5 Å². The SMILES string of the molecule is CCCC(C)(C)C(=O)N(C)c1ccc(NCC(C)(C)O)c(N=CN)c1. The highest BCUT2D eigenvalue weighted by molar-refractivity contribution is 5.97. The molecule has 0 unspecified atom stereocenters. The number of carbonyl (C=O) groups is 1. The Kier molecular flexibility index (Phi) is 6.99. The summed E-state index contributed by atoms with van der Waals surface area (Å²) in [5, 5.41) is 13.0. The van der Waals surface area contributed by atoms with E-state index in [-0.39, 0.29) is 5.91 Å². The number of hydrogen-bond acceptors (Lipinski definition) is 4. The number of aliphatic imine (C=N–C) groups is 1. The molecule has 0 heterocycles. The second-order valence-corrected chi connectivity index (χ2v) is 7.64. The maximum absolute atomic E-state index is 12.8. The van der Waals surface area contributed by atoms with Gasteiger partial charge in [0.2, 0.25) is 5.91 Å². The van der Waals surface area contributed by atoms with Crippen molar-refractivity contribution < 1.29 is 9.90 Å². The van der Waals surface area contributed by atoms with Crippen LogP contribution in [0.15, 0.2) is 23.2 Å². The number of carbonyl (C=O) groups excluding carboxylic acids is 1. The number of nitrogens with two attached hydrogens (primary N) is 1. The molecule has 0 fully saturated rings. The summed E-state index contributed by atoms with van der Waals surface area (Å²) >= 11 is 0. The lowest BCUT2D eigenvalue weighted by Gasteiger charge is -2.29. The molecule has 0 radical (unpaired) electrons. The van der Waals surface area contributed by atoms with Gasteiger partial charge in [-0.2, -0.15) is 0 Å². The molecule has 0 saturated carbocycles. The first kappa shape index (κ1) is 21.0. The van der Waals surface area contributed by atoms with E-state index in [1.165, 1.54) is 6.34 Å². The van der Waals surface area contributed by atoms with Gasteiger partial charge in [-0.3, -0.25) is 4.79 Å². The number of benzene rings is 1. The smallest absolute Gasteiger partial charge is 0.232 e. The van der Waals surface area contributed by atoms with Crippen LogP contribution < -0.4 is 16.0 Å². The van der Waals surface area contributed by atoms with Crippen molar-refractivity contribution in [1.29, 1.82) is 0 Å². The lowest BCUT2D eigenvalue weighted by atomic mass is 9.86. The molecule has 0 bridgehead atoms. The summed E-state index contributed by atoms with van der Waals surface area (Å²) in [4.78, 5) is 18.6. The van der Waals surface area contributed by atoms with Crippen LogP contribution in [0, 0.1) is 5.41 Å². The third kappa shape index (κ3) is 6.05. The van der Waals surface area contributed by atoms with Crippen LogP contribution in [0.5, 0.6) is 0 Å². The Morgan fingerprint density at radius 2 is 2.00 bits per heavy atom. The summed E-state index contributed by atoms with van der Waals surface area (Å²) in [6.45, 7) is 9.83. The van der Waals surface area contributed by atoms with E-state index in [0.717, 1.165) is 24.2 Å². The fourth-order valence-electron chi connectivity index (χ4n) is 2.68. The summed E-state index contributed by atoms with van der Waals surface area (Å²) in [6.07, 6.45) is 3.00. The fraction of sp³-hybridized carbons (Fsp3) is 0.579. The first-order valence-corrected chi connectivity index (χ1v) is 8.64. The summed E-state index contributed by atoms with van der Waals surface area (Å²) in [6, 6.07) is 5.53. The molecule has 140 valence electrons. The average Bonchev–Trinajstić information content (AvgIpc) is 2.51. The van der Waals surface area contributed by atoms with E-state index in [4.69, 9.17) is 5.73 Å². The minimum absolute atomic E-state index is 0.0641. The van der Waals surface area contributed by atoms with E-state index in [1.807, 2.05) is 32.0 Å². The molecule has 0 aliphatic carbocycles. The van der Waals surface area contributed by atoms with Gasteiger partial charge in [0.15, 0.2) is 0 Å². The van der Waals surface area contributed by atoms with Crippen LogP contribution in [0.25, 0.3) is 0 Å². The van der Waals surface area contributed by atoms with Crippen molar-refractivity contribution >= 4 is 29.3 Å². The van der Waals surface area contributed by atoms with Crippen molar-refractivity contribution in [3.05, 3.63) is 18.2 Å². The summed E-state index contributed by atoms with van der Waals surface area (Å²) < 4.78 is 0. The number of nitrogens with zero attached hydrogens (tertiary/aromatic N) is 2. The van der Waals surface area contributed by atoms with Crippen molar-refractivity contribution in [2.45, 2.75) is 53.1 Å². The van der Waals surface area contributed by atoms with Crippen molar-refractivity contribution in [3.8, 4) is 0 Å². The zero-order chi connectivity index (χ0) is 19.3. The van der Waals surface area contributed by atoms with Gasteiger partial charge in [0.05, 0.1) is 23.3 Å². The number of amides is 1. The normalized spacial score (nSPS) is 12.4. The molecule has 0 aliphatic heterocycles. The number of aliphatic hydroxyl groups is 1. The second-order valence-electron chi connectivity index (χ2n) is 7.64. The molecule has 1 aromatic carbocycles. The predicted octanol–water partition coefficient (Wildman–Crippen LogP) is 3.28. The van der Waals surface area contributed by atoms with E-state index in [2.05, 4.69) is 17.2 Å². The molecule has 6 heteroatoms. The van der Waals surface area contributed by atoms with Gasteiger partial charge in [-0.1, -0.05) is 27.2 Å². The molecule has 25 heavy (non-hydrogen) atoms. The molecule has 0 spiro atoms. The highest BCUT2D eigenvalue weighted by Gasteiger charge is 2.30. The van der Waals surface area contributed by atoms with Gasteiger partial charge in [-0.25, -0.2) is 4.99 Å². The van der Waals surface area contributed by atoms with Crippen molar-refractivity contribution in [3.63, 3.8) is 0 Å². The van der Waals surface area contributed by atoms with Gasteiger partial charge in [0.25, 0.3) is 0 Å². The third-order valence-corrected chi connectivity index (χ3v) is 4.05. The van der Waals surface area contributed by atoms with E-state index >= 15 is 0 Å². The van der Waals surface area contributed by atoms with Crippen molar-refractivity contribution in [2.24, 2.45) is 16.1 Å². The Bertz CT molecular complexity index is 618. The van der Waals surface area contributed by atoms with Gasteiger partial charge in [-0.15, -0.1) is 0 Å². The number of nitrogens with one attached hydrogen (secondary N) is 1. The molecule has 6 nitrogen and oxygen atoms in total. The Hall–Kier alpha value is -2.08. The maximum Gasteiger partial charge on any atom is 0.232 e. The molecule has 0 aromatic heterocycles. The van der Waals surface area contributed by atoms with Gasteiger partial charge < -0.3 is 21.1 Å². The predicted molar refractivity (Wildman–Crippen MR) is 106 cm³/mol. The Balaban J connectivity index is 3.09. The van der Waals surface area contributed by atoms with Crippen LogP contribution in [0.3, 0.4) is 0 Å². The molecule has 0 atom stereocenters. The average molecular weight is 348 g/mol. The Morgan fingerprint density at radius 1 is 1.36 bits per heavy atom. The first-order valence-electron chi connectivity index (χ1n) is 8.64. The maximum atomic E-state index is 12.8. The largest absolute Gasteiger partial charge is 0.390 e. The van der Waals surface area contributed by atoms with Gasteiger partial charge >= 0.3 is 0 Å². The number of rotatable bonds is 8. The molecular formula is C19H32N4O2. The topological polar surface area (TPSA) is 91.0 Å².